The highest BCUT2D eigenvalue weighted by Crippen LogP contribution is 2.24. The fourth-order valence-corrected chi connectivity index (χ4v) is 2.74. The van der Waals surface area contributed by atoms with Crippen molar-refractivity contribution in [1.82, 2.24) is 15.3 Å². The maximum atomic E-state index is 11.8. The van der Waals surface area contributed by atoms with E-state index in [2.05, 4.69) is 20.6 Å². The van der Waals surface area contributed by atoms with E-state index in [9.17, 15) is 4.79 Å². The molecule has 19 heavy (non-hydrogen) atoms. The molecular weight excluding hydrogens is 260 g/mol. The van der Waals surface area contributed by atoms with E-state index in [0.29, 0.717) is 5.69 Å². The number of nitrogens with one attached hydrogen (secondary N) is 2. The van der Waals surface area contributed by atoms with E-state index in [-0.39, 0.29) is 12.1 Å². The molecule has 0 aromatic carbocycles. The lowest BCUT2D eigenvalue weighted by Gasteiger charge is -2.13. The second-order valence-corrected chi connectivity index (χ2v) is 5.48. The first kappa shape index (κ1) is 13.5. The molecule has 0 fully saturated rings. The minimum absolute atomic E-state index is 0.0668. The van der Waals surface area contributed by atoms with Crippen LogP contribution < -0.4 is 10.6 Å². The summed E-state index contributed by atoms with van der Waals surface area (Å²) >= 11 is 1.60. The molecule has 6 heteroatoms. The van der Waals surface area contributed by atoms with Crippen LogP contribution in [0.15, 0.2) is 24.5 Å². The summed E-state index contributed by atoms with van der Waals surface area (Å²) in [4.78, 5) is 21.2. The normalized spacial score (nSPS) is 11.9. The van der Waals surface area contributed by atoms with E-state index >= 15 is 0 Å². The highest BCUT2D eigenvalue weighted by molar-refractivity contribution is 7.11. The summed E-state index contributed by atoms with van der Waals surface area (Å²) in [6.45, 7) is 5.86. The summed E-state index contributed by atoms with van der Waals surface area (Å²) in [7, 11) is 0. The van der Waals surface area contributed by atoms with E-state index in [1.54, 1.807) is 35.9 Å². The van der Waals surface area contributed by atoms with Crippen molar-refractivity contribution in [2.45, 2.75) is 26.8 Å². The number of urea groups is 1. The Labute approximate surface area is 116 Å². The van der Waals surface area contributed by atoms with Gasteiger partial charge >= 0.3 is 6.03 Å². The maximum absolute atomic E-state index is 11.8. The van der Waals surface area contributed by atoms with Gasteiger partial charge in [0.15, 0.2) is 0 Å². The summed E-state index contributed by atoms with van der Waals surface area (Å²) < 4.78 is 0. The molecule has 2 aromatic heterocycles. The number of carbonyl (C=O) groups excluding carboxylic acids is 1. The molecule has 100 valence electrons. The van der Waals surface area contributed by atoms with Gasteiger partial charge in [0.25, 0.3) is 0 Å². The van der Waals surface area contributed by atoms with Crippen molar-refractivity contribution in [1.29, 1.82) is 0 Å². The van der Waals surface area contributed by atoms with Gasteiger partial charge in [-0.15, -0.1) is 11.3 Å². The van der Waals surface area contributed by atoms with Crippen LogP contribution in [0.3, 0.4) is 0 Å². The fraction of sp³-hybridized carbons (Fsp3) is 0.308. The topological polar surface area (TPSA) is 66.9 Å². The molecule has 0 aliphatic carbocycles. The first-order valence-electron chi connectivity index (χ1n) is 5.97. The van der Waals surface area contributed by atoms with Crippen molar-refractivity contribution < 1.29 is 4.79 Å². The van der Waals surface area contributed by atoms with Gasteiger partial charge in [-0.25, -0.2) is 9.78 Å². The third-order valence-electron chi connectivity index (χ3n) is 2.60. The van der Waals surface area contributed by atoms with Gasteiger partial charge in [0.1, 0.15) is 0 Å². The zero-order chi connectivity index (χ0) is 13.8. The molecule has 2 rings (SSSR count). The molecule has 2 heterocycles. The number of thiazole rings is 1. The zero-order valence-electron chi connectivity index (χ0n) is 11.1. The lowest BCUT2D eigenvalue weighted by molar-refractivity contribution is 0.249. The molecule has 0 spiro atoms. The number of anilines is 1. The van der Waals surface area contributed by atoms with Gasteiger partial charge < -0.3 is 10.6 Å². The number of pyridine rings is 1. The molecule has 0 bridgehead atoms. The van der Waals surface area contributed by atoms with Gasteiger partial charge in [0.2, 0.25) is 0 Å². The lowest BCUT2D eigenvalue weighted by atomic mass is 10.2. The Morgan fingerprint density at radius 2 is 2.21 bits per heavy atom. The van der Waals surface area contributed by atoms with E-state index in [4.69, 9.17) is 0 Å². The maximum Gasteiger partial charge on any atom is 0.319 e. The van der Waals surface area contributed by atoms with Gasteiger partial charge in [-0.1, -0.05) is 0 Å². The Kier molecular flexibility index (Phi) is 4.11. The summed E-state index contributed by atoms with van der Waals surface area (Å²) in [6.07, 6.45) is 3.27. The number of hydrogen-bond acceptors (Lipinski definition) is 4. The van der Waals surface area contributed by atoms with Crippen LogP contribution >= 0.6 is 11.3 Å². The molecule has 1 atom stereocenters. The molecule has 0 saturated carbocycles. The van der Waals surface area contributed by atoms with Gasteiger partial charge in [-0.05, 0) is 32.9 Å². The van der Waals surface area contributed by atoms with E-state index < -0.39 is 0 Å². The van der Waals surface area contributed by atoms with Gasteiger partial charge in [0.05, 0.1) is 28.6 Å². The summed E-state index contributed by atoms with van der Waals surface area (Å²) in [6, 6.07) is 3.25. The van der Waals surface area contributed by atoms with Crippen LogP contribution in [0.4, 0.5) is 10.5 Å². The summed E-state index contributed by atoms with van der Waals surface area (Å²) in [5, 5.41) is 6.64. The number of aryl methyl sites for hydroxylation is 2. The predicted molar refractivity (Wildman–Crippen MR) is 76.4 cm³/mol. The molecule has 2 amide bonds. The van der Waals surface area contributed by atoms with E-state index in [1.165, 1.54) is 0 Å². The van der Waals surface area contributed by atoms with Crippen molar-refractivity contribution >= 4 is 23.1 Å². The van der Waals surface area contributed by atoms with Crippen LogP contribution in [0.2, 0.25) is 0 Å². The van der Waals surface area contributed by atoms with Crippen LogP contribution in [0.5, 0.6) is 0 Å². The lowest BCUT2D eigenvalue weighted by Crippen LogP contribution is -2.31. The smallest absolute Gasteiger partial charge is 0.319 e. The Hall–Kier alpha value is -1.95. The third kappa shape index (κ3) is 3.51. The third-order valence-corrected chi connectivity index (χ3v) is 3.86. The highest BCUT2D eigenvalue weighted by atomic mass is 32.1. The monoisotopic (exact) mass is 276 g/mol. The molecule has 1 unspecified atom stereocenters. The van der Waals surface area contributed by atoms with Gasteiger partial charge in [-0.3, -0.25) is 4.98 Å². The predicted octanol–water partition coefficient (Wildman–Crippen LogP) is 3.04. The van der Waals surface area contributed by atoms with E-state index in [0.717, 1.165) is 15.6 Å². The number of hydrogen-bond donors (Lipinski definition) is 2. The number of amides is 2. The van der Waals surface area contributed by atoms with Crippen LogP contribution in [0.1, 0.15) is 28.5 Å². The average molecular weight is 276 g/mol. The number of carbonyl (C=O) groups is 1. The zero-order valence-corrected chi connectivity index (χ0v) is 11.9. The largest absolute Gasteiger partial charge is 0.330 e. The minimum Gasteiger partial charge on any atom is -0.330 e. The standard InChI is InChI=1S/C13H16N4OS/c1-8-12(19-10(3)15-8)9(2)16-13(18)17-11-5-4-6-14-7-11/h4-7,9H,1-3H3,(H2,16,17,18). The second kappa shape index (κ2) is 5.79. The number of rotatable bonds is 3. The molecular formula is C13H16N4OS. The summed E-state index contributed by atoms with van der Waals surface area (Å²) in [5.74, 6) is 0. The van der Waals surface area contributed by atoms with Crippen LogP contribution in [0, 0.1) is 13.8 Å². The van der Waals surface area contributed by atoms with Crippen molar-refractivity contribution in [3.05, 3.63) is 40.1 Å². The van der Waals surface area contributed by atoms with Gasteiger partial charge in [-0.2, -0.15) is 0 Å². The Morgan fingerprint density at radius 1 is 1.42 bits per heavy atom. The van der Waals surface area contributed by atoms with Gasteiger partial charge in [0, 0.05) is 11.1 Å². The quantitative estimate of drug-likeness (QED) is 0.905. The molecule has 0 saturated heterocycles. The van der Waals surface area contributed by atoms with Crippen LogP contribution in [-0.4, -0.2) is 16.0 Å². The van der Waals surface area contributed by atoms with Crippen LogP contribution in [0.25, 0.3) is 0 Å². The highest BCUT2D eigenvalue weighted by Gasteiger charge is 2.15. The van der Waals surface area contributed by atoms with Crippen molar-refractivity contribution in [3.8, 4) is 0 Å². The molecule has 0 radical (unpaired) electrons. The first-order chi connectivity index (χ1) is 9.06. The van der Waals surface area contributed by atoms with Crippen molar-refractivity contribution in [2.24, 2.45) is 0 Å². The molecule has 2 N–H and O–H groups in total. The van der Waals surface area contributed by atoms with Crippen molar-refractivity contribution in [2.75, 3.05) is 5.32 Å². The summed E-state index contributed by atoms with van der Waals surface area (Å²) in [5.41, 5.74) is 1.64. The second-order valence-electron chi connectivity index (χ2n) is 4.24. The molecule has 0 aliphatic rings. The molecule has 2 aromatic rings. The number of aromatic nitrogens is 2. The Bertz CT molecular complexity index is 567. The average Bonchev–Trinajstić information content (AvgIpc) is 2.69. The fourth-order valence-electron chi connectivity index (χ4n) is 1.81. The van der Waals surface area contributed by atoms with Crippen LogP contribution in [-0.2, 0) is 0 Å². The van der Waals surface area contributed by atoms with Crippen molar-refractivity contribution in [3.63, 3.8) is 0 Å². The minimum atomic E-state index is -0.244. The molecule has 5 nitrogen and oxygen atoms in total. The Morgan fingerprint density at radius 3 is 2.79 bits per heavy atom. The molecule has 0 aliphatic heterocycles. The number of nitrogens with zero attached hydrogens (tertiary/aromatic N) is 2. The Balaban J connectivity index is 1.97. The first-order valence-corrected chi connectivity index (χ1v) is 6.79. The van der Waals surface area contributed by atoms with E-state index in [1.807, 2.05) is 20.8 Å². The SMILES string of the molecule is Cc1nc(C)c(C(C)NC(=O)Nc2cccnc2)s1.